The zero-order valence-electron chi connectivity index (χ0n) is 19.0. The van der Waals surface area contributed by atoms with Gasteiger partial charge in [-0.3, -0.25) is 4.79 Å². The lowest BCUT2D eigenvalue weighted by Crippen LogP contribution is -2.40. The number of aryl methyl sites for hydroxylation is 2. The van der Waals surface area contributed by atoms with E-state index in [1.807, 2.05) is 4.57 Å². The van der Waals surface area contributed by atoms with E-state index in [4.69, 9.17) is 4.74 Å². The second-order valence-electron chi connectivity index (χ2n) is 7.99. The van der Waals surface area contributed by atoms with Gasteiger partial charge >= 0.3 is 0 Å². The van der Waals surface area contributed by atoms with Gasteiger partial charge in [-0.05, 0) is 37.3 Å². The first-order chi connectivity index (χ1) is 16.2. The molecule has 0 saturated carbocycles. The van der Waals surface area contributed by atoms with E-state index in [9.17, 15) is 22.0 Å². The van der Waals surface area contributed by atoms with Crippen molar-refractivity contribution in [2.75, 3.05) is 37.7 Å². The van der Waals surface area contributed by atoms with Crippen LogP contribution in [-0.2, 0) is 33.0 Å². The SMILES string of the molecule is CCN(C(=O)CCc1nc2cc(S(=O)(=O)N3CCOCC3)ccc2n1C)c1ccc(F)c(F)c1. The number of imidazole rings is 1. The third-order valence-corrected chi connectivity index (χ3v) is 7.84. The van der Waals surface area contributed by atoms with Gasteiger partial charge in [0.25, 0.3) is 0 Å². The van der Waals surface area contributed by atoms with Crippen LogP contribution in [-0.4, -0.2) is 61.0 Å². The molecule has 2 aromatic carbocycles. The molecule has 34 heavy (non-hydrogen) atoms. The van der Waals surface area contributed by atoms with Gasteiger partial charge in [0, 0.05) is 51.3 Å². The third kappa shape index (κ3) is 4.68. The van der Waals surface area contributed by atoms with Gasteiger partial charge in [-0.15, -0.1) is 0 Å². The number of carbonyl (C=O) groups is 1. The summed E-state index contributed by atoms with van der Waals surface area (Å²) in [5, 5.41) is 0. The number of hydrogen-bond acceptors (Lipinski definition) is 5. The zero-order valence-corrected chi connectivity index (χ0v) is 19.8. The van der Waals surface area contributed by atoms with Gasteiger partial charge in [-0.1, -0.05) is 0 Å². The van der Waals surface area contributed by atoms with Gasteiger partial charge < -0.3 is 14.2 Å². The van der Waals surface area contributed by atoms with Gasteiger partial charge in [0.05, 0.1) is 29.1 Å². The molecule has 1 saturated heterocycles. The largest absolute Gasteiger partial charge is 0.379 e. The van der Waals surface area contributed by atoms with Crippen LogP contribution in [0.5, 0.6) is 0 Å². The molecule has 1 fully saturated rings. The Labute approximate surface area is 196 Å². The van der Waals surface area contributed by atoms with Crippen molar-refractivity contribution in [1.29, 1.82) is 0 Å². The maximum absolute atomic E-state index is 13.6. The van der Waals surface area contributed by atoms with Gasteiger partial charge in [0.2, 0.25) is 15.9 Å². The summed E-state index contributed by atoms with van der Waals surface area (Å²) in [4.78, 5) is 18.9. The molecular weight excluding hydrogens is 466 g/mol. The molecule has 1 amide bonds. The topological polar surface area (TPSA) is 84.7 Å². The predicted molar refractivity (Wildman–Crippen MR) is 123 cm³/mol. The van der Waals surface area contributed by atoms with E-state index in [0.717, 1.165) is 17.6 Å². The molecule has 8 nitrogen and oxygen atoms in total. The van der Waals surface area contributed by atoms with Crippen molar-refractivity contribution in [1.82, 2.24) is 13.9 Å². The summed E-state index contributed by atoms with van der Waals surface area (Å²) in [6, 6.07) is 8.18. The van der Waals surface area contributed by atoms with Crippen LogP contribution in [0.2, 0.25) is 0 Å². The first-order valence-electron chi connectivity index (χ1n) is 11.0. The molecule has 3 aromatic rings. The number of nitrogens with zero attached hydrogens (tertiary/aromatic N) is 4. The minimum absolute atomic E-state index is 0.100. The highest BCUT2D eigenvalue weighted by molar-refractivity contribution is 7.89. The lowest BCUT2D eigenvalue weighted by molar-refractivity contribution is -0.118. The molecule has 1 aliphatic rings. The van der Waals surface area contributed by atoms with Crippen LogP contribution >= 0.6 is 0 Å². The monoisotopic (exact) mass is 492 g/mol. The highest BCUT2D eigenvalue weighted by Gasteiger charge is 2.27. The molecular formula is C23H26F2N4O4S. The summed E-state index contributed by atoms with van der Waals surface area (Å²) in [5.41, 5.74) is 1.55. The van der Waals surface area contributed by atoms with Crippen molar-refractivity contribution >= 4 is 32.7 Å². The number of amides is 1. The molecule has 2 heterocycles. The number of carbonyl (C=O) groups excluding carboxylic acids is 1. The van der Waals surface area contributed by atoms with Crippen LogP contribution in [0.25, 0.3) is 11.0 Å². The minimum Gasteiger partial charge on any atom is -0.379 e. The average Bonchev–Trinajstić information content (AvgIpc) is 3.15. The van der Waals surface area contributed by atoms with E-state index in [0.29, 0.717) is 50.6 Å². The summed E-state index contributed by atoms with van der Waals surface area (Å²) in [5.74, 6) is -1.62. The van der Waals surface area contributed by atoms with Crippen molar-refractivity contribution in [3.8, 4) is 0 Å². The van der Waals surface area contributed by atoms with Crippen molar-refractivity contribution in [3.63, 3.8) is 0 Å². The predicted octanol–water partition coefficient (Wildman–Crippen LogP) is 2.86. The molecule has 0 unspecified atom stereocenters. The third-order valence-electron chi connectivity index (χ3n) is 5.95. The fourth-order valence-electron chi connectivity index (χ4n) is 4.06. The van der Waals surface area contributed by atoms with Crippen molar-refractivity contribution in [2.45, 2.75) is 24.7 Å². The molecule has 0 N–H and O–H groups in total. The van der Waals surface area contributed by atoms with Crippen molar-refractivity contribution in [3.05, 3.63) is 53.9 Å². The van der Waals surface area contributed by atoms with Crippen LogP contribution in [0.3, 0.4) is 0 Å². The Bertz CT molecular complexity index is 1320. The van der Waals surface area contributed by atoms with Gasteiger partial charge in [0.15, 0.2) is 11.6 Å². The average molecular weight is 493 g/mol. The van der Waals surface area contributed by atoms with E-state index in [1.54, 1.807) is 32.2 Å². The maximum Gasteiger partial charge on any atom is 0.243 e. The normalized spacial score (nSPS) is 15.1. The number of hydrogen-bond donors (Lipinski definition) is 0. The van der Waals surface area contributed by atoms with Crippen LogP contribution in [0.15, 0.2) is 41.3 Å². The Morgan fingerprint density at radius 1 is 1.12 bits per heavy atom. The number of halogens is 2. The minimum atomic E-state index is -3.65. The highest BCUT2D eigenvalue weighted by atomic mass is 32.2. The molecule has 4 rings (SSSR count). The first-order valence-corrected chi connectivity index (χ1v) is 12.4. The zero-order chi connectivity index (χ0) is 24.5. The maximum atomic E-state index is 13.6. The molecule has 0 aliphatic carbocycles. The van der Waals surface area contributed by atoms with Crippen molar-refractivity contribution < 1.29 is 26.7 Å². The summed E-state index contributed by atoms with van der Waals surface area (Å²) in [6.45, 7) is 3.40. The molecule has 11 heteroatoms. The highest BCUT2D eigenvalue weighted by Crippen LogP contribution is 2.24. The fourth-order valence-corrected chi connectivity index (χ4v) is 5.49. The standard InChI is InChI=1S/C23H26F2N4O4S/c1-3-29(16-4-6-18(24)19(25)14-16)23(30)9-8-22-26-20-15-17(5-7-21(20)27(22)2)34(31,32)28-10-12-33-13-11-28/h4-7,14-15H,3,8-13H2,1-2H3. The Morgan fingerprint density at radius 2 is 1.85 bits per heavy atom. The quantitative estimate of drug-likeness (QED) is 0.507. The lowest BCUT2D eigenvalue weighted by atomic mass is 10.2. The van der Waals surface area contributed by atoms with Crippen LogP contribution in [0.4, 0.5) is 14.5 Å². The second kappa shape index (κ2) is 9.77. The van der Waals surface area contributed by atoms with Gasteiger partial charge in [0.1, 0.15) is 5.82 Å². The van der Waals surface area contributed by atoms with Crippen LogP contribution < -0.4 is 4.90 Å². The molecule has 182 valence electrons. The number of benzene rings is 2. The van der Waals surface area contributed by atoms with E-state index < -0.39 is 21.7 Å². The van der Waals surface area contributed by atoms with E-state index >= 15 is 0 Å². The summed E-state index contributed by atoms with van der Waals surface area (Å²) < 4.78 is 61.3. The molecule has 0 spiro atoms. The second-order valence-corrected chi connectivity index (χ2v) is 9.93. The lowest BCUT2D eigenvalue weighted by Gasteiger charge is -2.26. The van der Waals surface area contributed by atoms with E-state index in [1.165, 1.54) is 15.3 Å². The van der Waals surface area contributed by atoms with Crippen LogP contribution in [0, 0.1) is 11.6 Å². The number of fused-ring (bicyclic) bond motifs is 1. The van der Waals surface area contributed by atoms with Crippen LogP contribution in [0.1, 0.15) is 19.2 Å². The Balaban J connectivity index is 1.52. The Kier molecular flexibility index (Phi) is 6.96. The van der Waals surface area contributed by atoms with E-state index in [2.05, 4.69) is 4.98 Å². The number of aromatic nitrogens is 2. The van der Waals surface area contributed by atoms with Gasteiger partial charge in [-0.25, -0.2) is 22.2 Å². The first kappa shape index (κ1) is 24.2. The van der Waals surface area contributed by atoms with Crippen molar-refractivity contribution in [2.24, 2.45) is 7.05 Å². The summed E-state index contributed by atoms with van der Waals surface area (Å²) in [6.07, 6.45) is 0.401. The van der Waals surface area contributed by atoms with E-state index in [-0.39, 0.29) is 22.9 Å². The fraction of sp³-hybridized carbons (Fsp3) is 0.391. The molecule has 0 bridgehead atoms. The number of anilines is 1. The summed E-state index contributed by atoms with van der Waals surface area (Å²) in [7, 11) is -1.84. The molecule has 0 atom stereocenters. The number of sulfonamides is 1. The Hall–Kier alpha value is -2.89. The summed E-state index contributed by atoms with van der Waals surface area (Å²) >= 11 is 0. The molecule has 0 radical (unpaired) electrons. The molecule has 1 aliphatic heterocycles. The number of ether oxygens (including phenoxy) is 1. The van der Waals surface area contributed by atoms with Gasteiger partial charge in [-0.2, -0.15) is 4.31 Å². The Morgan fingerprint density at radius 3 is 2.53 bits per heavy atom. The number of morpholine rings is 1. The smallest absolute Gasteiger partial charge is 0.243 e. The molecule has 1 aromatic heterocycles. The number of rotatable bonds is 7.